The summed E-state index contributed by atoms with van der Waals surface area (Å²) in [4.78, 5) is 0. The highest BCUT2D eigenvalue weighted by Gasteiger charge is 2.65. The minimum atomic E-state index is -4.78. The van der Waals surface area contributed by atoms with Crippen LogP contribution in [0.3, 0.4) is 0 Å². The van der Waals surface area contributed by atoms with E-state index in [0.717, 1.165) is 10.6 Å². The zero-order valence-electron chi connectivity index (χ0n) is 15.0. The van der Waals surface area contributed by atoms with E-state index < -0.39 is 46.4 Å². The van der Waals surface area contributed by atoms with Crippen LogP contribution in [-0.4, -0.2) is 26.0 Å². The molecule has 0 saturated carbocycles. The quantitative estimate of drug-likeness (QED) is 0.725. The van der Waals surface area contributed by atoms with Crippen LogP contribution in [-0.2, 0) is 22.1 Å². The highest BCUT2D eigenvalue weighted by molar-refractivity contribution is 5.62. The topological polar surface area (TPSA) is 98.6 Å². The minimum absolute atomic E-state index is 0.153. The Morgan fingerprint density at radius 2 is 1.93 bits per heavy atom. The molecule has 0 spiro atoms. The maximum absolute atomic E-state index is 13.3. The SMILES string of the molecule is CCC12OC(C)(C[C@H]1O)c1c2c(O)n(-c2ccc(C#N)c(C(F)(F)F)c2)c1O. The summed E-state index contributed by atoms with van der Waals surface area (Å²) in [7, 11) is 0. The smallest absolute Gasteiger partial charge is 0.417 e. The summed E-state index contributed by atoms with van der Waals surface area (Å²) in [6.07, 6.45) is -5.22. The first kappa shape index (κ1) is 18.7. The number of hydrogen-bond donors (Lipinski definition) is 3. The number of halogens is 3. The third kappa shape index (κ3) is 2.10. The molecule has 3 N–H and O–H groups in total. The lowest BCUT2D eigenvalue weighted by atomic mass is 9.76. The van der Waals surface area contributed by atoms with Crippen LogP contribution in [0.2, 0.25) is 0 Å². The Morgan fingerprint density at radius 3 is 2.50 bits per heavy atom. The van der Waals surface area contributed by atoms with Crippen LogP contribution < -0.4 is 0 Å². The van der Waals surface area contributed by atoms with E-state index in [1.165, 1.54) is 12.1 Å². The van der Waals surface area contributed by atoms with Gasteiger partial charge in [0, 0.05) is 6.42 Å². The number of aromatic hydroxyl groups is 2. The highest BCUT2D eigenvalue weighted by atomic mass is 19.4. The van der Waals surface area contributed by atoms with Crippen molar-refractivity contribution in [2.45, 2.75) is 50.2 Å². The zero-order chi connectivity index (χ0) is 20.6. The summed E-state index contributed by atoms with van der Waals surface area (Å²) >= 11 is 0. The van der Waals surface area contributed by atoms with Crippen molar-refractivity contribution in [2.24, 2.45) is 0 Å². The Morgan fingerprint density at radius 1 is 1.29 bits per heavy atom. The zero-order valence-corrected chi connectivity index (χ0v) is 15.0. The molecule has 0 amide bonds. The fourth-order valence-corrected chi connectivity index (χ4v) is 4.60. The number of aromatic nitrogens is 1. The van der Waals surface area contributed by atoms with Crippen molar-refractivity contribution in [3.63, 3.8) is 0 Å². The molecule has 9 heteroatoms. The molecule has 0 aliphatic carbocycles. The lowest BCUT2D eigenvalue weighted by Crippen LogP contribution is -2.35. The van der Waals surface area contributed by atoms with Crippen LogP contribution in [0, 0.1) is 11.3 Å². The van der Waals surface area contributed by atoms with Gasteiger partial charge in [0.25, 0.3) is 0 Å². The maximum atomic E-state index is 13.3. The van der Waals surface area contributed by atoms with E-state index in [4.69, 9.17) is 10.00 Å². The molecule has 148 valence electrons. The first-order chi connectivity index (χ1) is 13.0. The molecule has 0 radical (unpaired) electrons. The van der Waals surface area contributed by atoms with E-state index in [2.05, 4.69) is 0 Å². The number of aliphatic hydroxyl groups is 1. The molecule has 2 aromatic rings. The van der Waals surface area contributed by atoms with Crippen molar-refractivity contribution in [1.29, 1.82) is 5.26 Å². The van der Waals surface area contributed by atoms with Crippen molar-refractivity contribution in [3.8, 4) is 23.5 Å². The molecule has 1 aromatic heterocycles. The molecule has 2 bridgehead atoms. The second-order valence-electron chi connectivity index (χ2n) is 7.37. The van der Waals surface area contributed by atoms with Gasteiger partial charge in [-0.3, -0.25) is 4.57 Å². The molecule has 3 heterocycles. The van der Waals surface area contributed by atoms with Crippen molar-refractivity contribution in [2.75, 3.05) is 0 Å². The van der Waals surface area contributed by atoms with Crippen molar-refractivity contribution >= 4 is 0 Å². The number of benzene rings is 1. The summed E-state index contributed by atoms with van der Waals surface area (Å²) < 4.78 is 46.8. The van der Waals surface area contributed by atoms with Crippen LogP contribution in [0.5, 0.6) is 11.8 Å². The van der Waals surface area contributed by atoms with E-state index in [0.29, 0.717) is 12.5 Å². The first-order valence-electron chi connectivity index (χ1n) is 8.67. The standard InChI is InChI=1S/C19H17F3N2O4/c1-3-18-12(25)7-17(2,28-18)13-14(18)16(27)24(15(13)26)10-5-4-9(8-23)11(6-10)19(20,21)22/h4-6,12,25-27H,3,7H2,1-2H3/t12-,17?,18?/m1/s1. The molecule has 1 aromatic carbocycles. The van der Waals surface area contributed by atoms with Gasteiger partial charge in [-0.2, -0.15) is 18.4 Å². The first-order valence-corrected chi connectivity index (χ1v) is 8.67. The fourth-order valence-electron chi connectivity index (χ4n) is 4.60. The van der Waals surface area contributed by atoms with Gasteiger partial charge in [0.1, 0.15) is 5.60 Å². The van der Waals surface area contributed by atoms with Gasteiger partial charge in [-0.1, -0.05) is 6.92 Å². The predicted molar refractivity (Wildman–Crippen MR) is 89.8 cm³/mol. The van der Waals surface area contributed by atoms with Gasteiger partial charge in [0.05, 0.1) is 45.7 Å². The van der Waals surface area contributed by atoms with Crippen LogP contribution in [0.4, 0.5) is 13.2 Å². The average molecular weight is 394 g/mol. The van der Waals surface area contributed by atoms with E-state index in [9.17, 15) is 28.5 Å². The van der Waals surface area contributed by atoms with Gasteiger partial charge in [0.2, 0.25) is 11.8 Å². The van der Waals surface area contributed by atoms with E-state index in [-0.39, 0.29) is 23.2 Å². The third-order valence-electron chi connectivity index (χ3n) is 5.81. The Bertz CT molecular complexity index is 1040. The lowest BCUT2D eigenvalue weighted by Gasteiger charge is -2.28. The maximum Gasteiger partial charge on any atom is 0.417 e. The number of rotatable bonds is 2. The summed E-state index contributed by atoms with van der Waals surface area (Å²) in [6, 6.07) is 4.39. The van der Waals surface area contributed by atoms with Gasteiger partial charge in [-0.05, 0) is 31.5 Å². The largest absolute Gasteiger partial charge is 0.494 e. The minimum Gasteiger partial charge on any atom is -0.494 e. The number of nitriles is 1. The Labute approximate surface area is 158 Å². The number of fused-ring (bicyclic) bond motifs is 5. The van der Waals surface area contributed by atoms with Crippen LogP contribution in [0.15, 0.2) is 18.2 Å². The summed E-state index contributed by atoms with van der Waals surface area (Å²) in [5.41, 5.74) is -3.75. The van der Waals surface area contributed by atoms with Crippen LogP contribution in [0.1, 0.15) is 48.9 Å². The summed E-state index contributed by atoms with van der Waals surface area (Å²) in [5, 5.41) is 41.0. The molecule has 1 saturated heterocycles. The molecule has 2 aliphatic rings. The molecule has 4 rings (SSSR count). The van der Waals surface area contributed by atoms with Gasteiger partial charge < -0.3 is 20.1 Å². The van der Waals surface area contributed by atoms with E-state index in [1.807, 2.05) is 0 Å². The molecule has 2 unspecified atom stereocenters. The monoisotopic (exact) mass is 394 g/mol. The number of alkyl halides is 3. The molecule has 2 aliphatic heterocycles. The van der Waals surface area contributed by atoms with Crippen LogP contribution >= 0.6 is 0 Å². The highest BCUT2D eigenvalue weighted by Crippen LogP contribution is 2.65. The normalized spacial score (nSPS) is 28.4. The average Bonchev–Trinajstić information content (AvgIpc) is 3.16. The lowest BCUT2D eigenvalue weighted by molar-refractivity contribution is -0.137. The van der Waals surface area contributed by atoms with Crippen LogP contribution in [0.25, 0.3) is 5.69 Å². The predicted octanol–water partition coefficient (Wildman–Crippen LogP) is 3.39. The summed E-state index contributed by atoms with van der Waals surface area (Å²) in [6.45, 7) is 3.41. The van der Waals surface area contributed by atoms with E-state index >= 15 is 0 Å². The van der Waals surface area contributed by atoms with Gasteiger partial charge in [-0.15, -0.1) is 0 Å². The third-order valence-corrected chi connectivity index (χ3v) is 5.81. The number of ether oxygens (including phenoxy) is 1. The molecule has 28 heavy (non-hydrogen) atoms. The fraction of sp³-hybridized carbons (Fsp3) is 0.421. The summed E-state index contributed by atoms with van der Waals surface area (Å²) in [5.74, 6) is -0.940. The van der Waals surface area contributed by atoms with Crippen molar-refractivity contribution < 1.29 is 33.2 Å². The number of nitrogens with zero attached hydrogens (tertiary/aromatic N) is 2. The second-order valence-corrected chi connectivity index (χ2v) is 7.37. The molecule has 6 nitrogen and oxygen atoms in total. The van der Waals surface area contributed by atoms with Crippen molar-refractivity contribution in [3.05, 3.63) is 40.5 Å². The van der Waals surface area contributed by atoms with E-state index in [1.54, 1.807) is 13.8 Å². The van der Waals surface area contributed by atoms with Gasteiger partial charge in [-0.25, -0.2) is 0 Å². The molecule has 3 atom stereocenters. The Balaban J connectivity index is 1.98. The molecular formula is C19H17F3N2O4. The Hall–Kier alpha value is -2.70. The van der Waals surface area contributed by atoms with Gasteiger partial charge in [0.15, 0.2) is 0 Å². The number of hydrogen-bond acceptors (Lipinski definition) is 5. The van der Waals surface area contributed by atoms with Gasteiger partial charge >= 0.3 is 6.18 Å². The Kier molecular flexibility index (Phi) is 3.62. The number of aliphatic hydroxyl groups excluding tert-OH is 1. The molecular weight excluding hydrogens is 377 g/mol. The second kappa shape index (κ2) is 5.43. The van der Waals surface area contributed by atoms with Crippen molar-refractivity contribution in [1.82, 2.24) is 4.57 Å². The molecule has 1 fully saturated rings.